The molecule has 0 fully saturated rings. The molecule has 0 radical (unpaired) electrons. The molecule has 0 bridgehead atoms. The van der Waals surface area contributed by atoms with E-state index < -0.39 is 17.5 Å². The van der Waals surface area contributed by atoms with Gasteiger partial charge in [-0.1, -0.05) is 18.2 Å². The Morgan fingerprint density at radius 3 is 2.56 bits per heavy atom. The van der Waals surface area contributed by atoms with Gasteiger partial charge in [0.05, 0.1) is 11.5 Å². The summed E-state index contributed by atoms with van der Waals surface area (Å²) in [6, 6.07) is 7.63. The molecule has 0 amide bonds. The second-order valence-electron chi connectivity index (χ2n) is 4.32. The van der Waals surface area contributed by atoms with Gasteiger partial charge in [0.2, 0.25) is 5.78 Å². The van der Waals surface area contributed by atoms with Crippen molar-refractivity contribution in [2.75, 3.05) is 0 Å². The van der Waals surface area contributed by atoms with Gasteiger partial charge in [0.1, 0.15) is 0 Å². The molecule has 4 heteroatoms. The van der Waals surface area contributed by atoms with Crippen LogP contribution in [0.2, 0.25) is 0 Å². The first-order valence-electron chi connectivity index (χ1n) is 5.59. The lowest BCUT2D eigenvalue weighted by Gasteiger charge is -2.00. The average Bonchev–Trinajstić information content (AvgIpc) is 2.87. The predicted molar refractivity (Wildman–Crippen MR) is 70.6 cm³/mol. The highest BCUT2D eigenvalue weighted by Crippen LogP contribution is 2.37. The first-order valence-corrected chi connectivity index (χ1v) is 6.47. The fourth-order valence-corrected chi connectivity index (χ4v) is 3.16. The number of Topliss-reactive ketones (excluding diaryl/α,β-unsaturated/α-hetero) is 2. The van der Waals surface area contributed by atoms with Gasteiger partial charge in [0.15, 0.2) is 11.5 Å². The van der Waals surface area contributed by atoms with Crippen LogP contribution in [0.3, 0.4) is 0 Å². The summed E-state index contributed by atoms with van der Waals surface area (Å²) >= 11 is 1.50. The van der Waals surface area contributed by atoms with Crippen molar-refractivity contribution in [1.29, 1.82) is 0 Å². The second kappa shape index (κ2) is 3.78. The smallest absolute Gasteiger partial charge is 0.208 e. The molecular weight excluding hydrogens is 248 g/mol. The molecule has 0 aliphatic heterocycles. The first-order chi connectivity index (χ1) is 8.61. The Kier molecular flexibility index (Phi) is 2.35. The van der Waals surface area contributed by atoms with Gasteiger partial charge in [0.25, 0.3) is 0 Å². The molecule has 2 aromatic rings. The highest BCUT2D eigenvalue weighted by Gasteiger charge is 2.39. The lowest BCUT2D eigenvalue weighted by atomic mass is 10.00. The number of benzene rings is 1. The number of hydrogen-bond donors (Lipinski definition) is 1. The molecule has 0 saturated carbocycles. The molecule has 1 aliphatic rings. The van der Waals surface area contributed by atoms with Crippen LogP contribution in [0.4, 0.5) is 0 Å². The zero-order valence-electron chi connectivity index (χ0n) is 9.64. The first kappa shape index (κ1) is 11.2. The Bertz CT molecular complexity index is 709. The molecule has 1 aliphatic carbocycles. The number of hydrogen-bond acceptors (Lipinski definition) is 4. The number of aliphatic hydroxyl groups excluding tert-OH is 1. The van der Waals surface area contributed by atoms with Crippen molar-refractivity contribution < 1.29 is 14.7 Å². The summed E-state index contributed by atoms with van der Waals surface area (Å²) in [7, 11) is 0. The molecule has 3 rings (SSSR count). The normalized spacial score (nSPS) is 20.2. The molecule has 90 valence electrons. The topological polar surface area (TPSA) is 54.4 Å². The minimum atomic E-state index is -0.765. The van der Waals surface area contributed by atoms with Gasteiger partial charge in [-0.25, -0.2) is 0 Å². The van der Waals surface area contributed by atoms with Crippen molar-refractivity contribution >= 4 is 38.6 Å². The highest BCUT2D eigenvalue weighted by molar-refractivity contribution is 7.17. The minimum Gasteiger partial charge on any atom is -0.504 e. The lowest BCUT2D eigenvalue weighted by Crippen LogP contribution is -2.12. The average molecular weight is 258 g/mol. The molecule has 1 heterocycles. The summed E-state index contributed by atoms with van der Waals surface area (Å²) in [6.07, 6.45) is 0. The number of carbonyl (C=O) groups is 2. The number of fused-ring (bicyclic) bond motifs is 1. The third-order valence-electron chi connectivity index (χ3n) is 3.25. The van der Waals surface area contributed by atoms with E-state index in [1.54, 1.807) is 0 Å². The number of rotatable bonds is 1. The SMILES string of the molecule is CC1C(=O)C(O)=C(c2csc3ccccc23)C1=O. The van der Waals surface area contributed by atoms with Crippen LogP contribution in [-0.2, 0) is 9.59 Å². The molecular formula is C14H10O3S. The van der Waals surface area contributed by atoms with E-state index in [2.05, 4.69) is 0 Å². The van der Waals surface area contributed by atoms with E-state index in [0.29, 0.717) is 5.56 Å². The Balaban J connectivity index is 2.28. The maximum atomic E-state index is 12.0. The van der Waals surface area contributed by atoms with Crippen molar-refractivity contribution in [2.24, 2.45) is 5.92 Å². The molecule has 18 heavy (non-hydrogen) atoms. The van der Waals surface area contributed by atoms with Gasteiger partial charge >= 0.3 is 0 Å². The molecule has 3 nitrogen and oxygen atoms in total. The van der Waals surface area contributed by atoms with Crippen molar-refractivity contribution in [3.05, 3.63) is 41.0 Å². The molecule has 1 atom stereocenters. The van der Waals surface area contributed by atoms with Crippen molar-refractivity contribution in [3.63, 3.8) is 0 Å². The van der Waals surface area contributed by atoms with Gasteiger partial charge in [-0.2, -0.15) is 0 Å². The molecule has 1 N–H and O–H groups in total. The van der Waals surface area contributed by atoms with Crippen LogP contribution in [-0.4, -0.2) is 16.7 Å². The molecule has 1 unspecified atom stereocenters. The fourth-order valence-electron chi connectivity index (χ4n) is 2.21. The predicted octanol–water partition coefficient (Wildman–Crippen LogP) is 2.96. The molecule has 1 aromatic heterocycles. The van der Waals surface area contributed by atoms with Crippen molar-refractivity contribution in [2.45, 2.75) is 6.92 Å². The van der Waals surface area contributed by atoms with Crippen LogP contribution in [0.1, 0.15) is 12.5 Å². The largest absolute Gasteiger partial charge is 0.504 e. The van der Waals surface area contributed by atoms with Crippen LogP contribution in [0.15, 0.2) is 35.4 Å². The van der Waals surface area contributed by atoms with E-state index in [1.165, 1.54) is 18.3 Å². The van der Waals surface area contributed by atoms with E-state index in [1.807, 2.05) is 29.6 Å². The lowest BCUT2D eigenvalue weighted by molar-refractivity contribution is -0.126. The van der Waals surface area contributed by atoms with Gasteiger partial charge in [-0.15, -0.1) is 11.3 Å². The Labute approximate surface area is 107 Å². The summed E-state index contributed by atoms with van der Waals surface area (Å²) < 4.78 is 1.03. The zero-order valence-corrected chi connectivity index (χ0v) is 10.5. The van der Waals surface area contributed by atoms with Crippen molar-refractivity contribution in [1.82, 2.24) is 0 Å². The fraction of sp³-hybridized carbons (Fsp3) is 0.143. The van der Waals surface area contributed by atoms with Gasteiger partial charge in [0, 0.05) is 21.0 Å². The monoisotopic (exact) mass is 258 g/mol. The van der Waals surface area contributed by atoms with E-state index in [4.69, 9.17) is 0 Å². The van der Waals surface area contributed by atoms with Gasteiger partial charge < -0.3 is 5.11 Å². The number of aliphatic hydroxyl groups is 1. The van der Waals surface area contributed by atoms with E-state index >= 15 is 0 Å². The summed E-state index contributed by atoms with van der Waals surface area (Å²) in [6.45, 7) is 1.53. The molecule has 0 saturated heterocycles. The highest BCUT2D eigenvalue weighted by atomic mass is 32.1. The Hall–Kier alpha value is -1.94. The van der Waals surface area contributed by atoms with E-state index in [-0.39, 0.29) is 11.4 Å². The summed E-state index contributed by atoms with van der Waals surface area (Å²) in [5, 5.41) is 12.6. The van der Waals surface area contributed by atoms with Crippen LogP contribution < -0.4 is 0 Å². The van der Waals surface area contributed by atoms with Crippen LogP contribution in [0.5, 0.6) is 0 Å². The quantitative estimate of drug-likeness (QED) is 0.800. The zero-order chi connectivity index (χ0) is 12.9. The van der Waals surface area contributed by atoms with E-state index in [0.717, 1.165) is 10.1 Å². The maximum Gasteiger partial charge on any atom is 0.208 e. The molecule has 1 aromatic carbocycles. The molecule has 0 spiro atoms. The number of thiophene rings is 1. The van der Waals surface area contributed by atoms with Crippen LogP contribution in [0.25, 0.3) is 15.7 Å². The van der Waals surface area contributed by atoms with Crippen LogP contribution in [0, 0.1) is 5.92 Å². The second-order valence-corrected chi connectivity index (χ2v) is 5.23. The Morgan fingerprint density at radius 2 is 1.89 bits per heavy atom. The summed E-state index contributed by atoms with van der Waals surface area (Å²) in [5.41, 5.74) is 0.834. The third kappa shape index (κ3) is 1.36. The minimum absolute atomic E-state index is 0.171. The summed E-state index contributed by atoms with van der Waals surface area (Å²) in [4.78, 5) is 23.7. The van der Waals surface area contributed by atoms with Crippen LogP contribution >= 0.6 is 11.3 Å². The third-order valence-corrected chi connectivity index (χ3v) is 4.22. The Morgan fingerprint density at radius 1 is 1.17 bits per heavy atom. The van der Waals surface area contributed by atoms with Crippen molar-refractivity contribution in [3.8, 4) is 0 Å². The summed E-state index contributed by atoms with van der Waals surface area (Å²) in [5.74, 6) is -1.93. The number of ketones is 2. The maximum absolute atomic E-state index is 12.0. The van der Waals surface area contributed by atoms with E-state index in [9.17, 15) is 14.7 Å². The number of allylic oxidation sites excluding steroid dienone is 2. The standard InChI is InChI=1S/C14H10O3S/c1-7-12(15)11(14(17)13(7)16)9-6-18-10-5-3-2-4-8(9)10/h2-7,17H,1H3. The van der Waals surface area contributed by atoms with Gasteiger partial charge in [-0.05, 0) is 13.0 Å². The van der Waals surface area contributed by atoms with Gasteiger partial charge in [-0.3, -0.25) is 9.59 Å². The number of carbonyl (C=O) groups excluding carboxylic acids is 2.